The van der Waals surface area contributed by atoms with E-state index in [1.165, 1.54) is 24.1 Å². The molecule has 0 spiro atoms. The number of rotatable bonds is 2. The molecule has 0 heterocycles. The van der Waals surface area contributed by atoms with Crippen LogP contribution in [-0.2, 0) is 0 Å². The third-order valence-corrected chi connectivity index (χ3v) is 4.21. The summed E-state index contributed by atoms with van der Waals surface area (Å²) in [7, 11) is 0. The summed E-state index contributed by atoms with van der Waals surface area (Å²) in [5, 5.41) is 3.65. The standard InChI is InChI=1S/C14H16BrN/c1-9-5-11(15)8-12(6-9)16-14-7-10-3-2-4-13(10)14/h2,4-6,8,10,13-14,16H,3,7H2,1H3. The number of halogens is 1. The Kier molecular flexibility index (Phi) is 2.55. The monoisotopic (exact) mass is 277 g/mol. The van der Waals surface area contributed by atoms with Gasteiger partial charge in [0.15, 0.2) is 0 Å². The van der Waals surface area contributed by atoms with E-state index < -0.39 is 0 Å². The molecule has 16 heavy (non-hydrogen) atoms. The van der Waals surface area contributed by atoms with Crippen LogP contribution in [0, 0.1) is 18.8 Å². The fraction of sp³-hybridized carbons (Fsp3) is 0.429. The van der Waals surface area contributed by atoms with Gasteiger partial charge in [-0.3, -0.25) is 0 Å². The molecule has 0 radical (unpaired) electrons. The second kappa shape index (κ2) is 3.92. The van der Waals surface area contributed by atoms with Crippen LogP contribution in [0.25, 0.3) is 0 Å². The molecule has 2 aliphatic rings. The number of hydrogen-bond donors (Lipinski definition) is 1. The lowest BCUT2D eigenvalue weighted by atomic mass is 9.71. The van der Waals surface area contributed by atoms with Crippen molar-refractivity contribution in [2.75, 3.05) is 5.32 Å². The van der Waals surface area contributed by atoms with Crippen LogP contribution in [0.5, 0.6) is 0 Å². The van der Waals surface area contributed by atoms with Gasteiger partial charge in [0.25, 0.3) is 0 Å². The molecule has 1 aromatic carbocycles. The highest BCUT2D eigenvalue weighted by molar-refractivity contribution is 9.10. The van der Waals surface area contributed by atoms with Crippen molar-refractivity contribution in [3.8, 4) is 0 Å². The van der Waals surface area contributed by atoms with E-state index in [0.717, 1.165) is 16.3 Å². The molecule has 0 amide bonds. The first-order valence-electron chi connectivity index (χ1n) is 5.93. The van der Waals surface area contributed by atoms with Gasteiger partial charge >= 0.3 is 0 Å². The Hall–Kier alpha value is -0.760. The van der Waals surface area contributed by atoms with Crippen LogP contribution in [0.3, 0.4) is 0 Å². The van der Waals surface area contributed by atoms with Crippen molar-refractivity contribution in [3.63, 3.8) is 0 Å². The van der Waals surface area contributed by atoms with E-state index in [1.807, 2.05) is 0 Å². The smallest absolute Gasteiger partial charge is 0.0356 e. The van der Waals surface area contributed by atoms with Gasteiger partial charge in [-0.1, -0.05) is 28.1 Å². The summed E-state index contributed by atoms with van der Waals surface area (Å²) in [4.78, 5) is 0. The zero-order valence-corrected chi connectivity index (χ0v) is 11.0. The quantitative estimate of drug-likeness (QED) is 0.802. The fourth-order valence-electron chi connectivity index (χ4n) is 2.92. The zero-order valence-electron chi connectivity index (χ0n) is 9.41. The molecule has 2 aliphatic carbocycles. The van der Waals surface area contributed by atoms with Gasteiger partial charge in [0.1, 0.15) is 0 Å². The summed E-state index contributed by atoms with van der Waals surface area (Å²) >= 11 is 3.55. The van der Waals surface area contributed by atoms with Gasteiger partial charge in [0, 0.05) is 22.1 Å². The Labute approximate surface area is 105 Å². The van der Waals surface area contributed by atoms with Crippen molar-refractivity contribution in [2.45, 2.75) is 25.8 Å². The van der Waals surface area contributed by atoms with Gasteiger partial charge in [-0.05, 0) is 49.4 Å². The van der Waals surface area contributed by atoms with Gasteiger partial charge in [-0.15, -0.1) is 0 Å². The van der Waals surface area contributed by atoms with Crippen molar-refractivity contribution in [1.82, 2.24) is 0 Å². The number of aryl methyl sites for hydroxylation is 1. The predicted octanol–water partition coefficient (Wildman–Crippen LogP) is 4.13. The molecule has 1 nitrogen and oxygen atoms in total. The Balaban J connectivity index is 1.72. The molecular formula is C14H16BrN. The Morgan fingerprint density at radius 1 is 1.31 bits per heavy atom. The van der Waals surface area contributed by atoms with E-state index in [9.17, 15) is 0 Å². The first-order valence-corrected chi connectivity index (χ1v) is 6.72. The highest BCUT2D eigenvalue weighted by Crippen LogP contribution is 2.44. The number of anilines is 1. The third-order valence-electron chi connectivity index (χ3n) is 3.76. The van der Waals surface area contributed by atoms with Crippen LogP contribution in [0.1, 0.15) is 18.4 Å². The average Bonchev–Trinajstić information content (AvgIpc) is 2.55. The number of allylic oxidation sites excluding steroid dienone is 1. The molecule has 3 unspecified atom stereocenters. The maximum Gasteiger partial charge on any atom is 0.0356 e. The minimum absolute atomic E-state index is 0.650. The molecule has 1 N–H and O–H groups in total. The van der Waals surface area contributed by atoms with Crippen molar-refractivity contribution >= 4 is 21.6 Å². The fourth-order valence-corrected chi connectivity index (χ4v) is 3.52. The van der Waals surface area contributed by atoms with Gasteiger partial charge < -0.3 is 5.32 Å². The lowest BCUT2D eigenvalue weighted by Crippen LogP contribution is -2.43. The molecular weight excluding hydrogens is 262 g/mol. The minimum Gasteiger partial charge on any atom is -0.382 e. The molecule has 1 saturated carbocycles. The number of fused-ring (bicyclic) bond motifs is 1. The molecule has 84 valence electrons. The van der Waals surface area contributed by atoms with Crippen molar-refractivity contribution < 1.29 is 0 Å². The average molecular weight is 278 g/mol. The first kappa shape index (κ1) is 10.4. The molecule has 0 bridgehead atoms. The van der Waals surface area contributed by atoms with Crippen molar-refractivity contribution in [3.05, 3.63) is 40.4 Å². The van der Waals surface area contributed by atoms with Crippen LogP contribution in [0.4, 0.5) is 5.69 Å². The van der Waals surface area contributed by atoms with Crippen LogP contribution >= 0.6 is 15.9 Å². The van der Waals surface area contributed by atoms with E-state index in [2.05, 4.69) is 58.5 Å². The Bertz CT molecular complexity index is 418. The molecule has 3 rings (SSSR count). The maximum absolute atomic E-state index is 3.65. The third kappa shape index (κ3) is 1.80. The van der Waals surface area contributed by atoms with E-state index >= 15 is 0 Å². The highest BCUT2D eigenvalue weighted by atomic mass is 79.9. The van der Waals surface area contributed by atoms with Gasteiger partial charge in [0.2, 0.25) is 0 Å². The van der Waals surface area contributed by atoms with Gasteiger partial charge in [-0.2, -0.15) is 0 Å². The summed E-state index contributed by atoms with van der Waals surface area (Å²) in [6, 6.07) is 7.18. The largest absolute Gasteiger partial charge is 0.382 e. The highest BCUT2D eigenvalue weighted by Gasteiger charge is 2.40. The Morgan fingerprint density at radius 3 is 2.94 bits per heavy atom. The van der Waals surface area contributed by atoms with Gasteiger partial charge in [-0.25, -0.2) is 0 Å². The zero-order chi connectivity index (χ0) is 11.1. The summed E-state index contributed by atoms with van der Waals surface area (Å²) in [5.74, 6) is 1.70. The molecule has 0 aromatic heterocycles. The van der Waals surface area contributed by atoms with E-state index in [0.29, 0.717) is 6.04 Å². The summed E-state index contributed by atoms with van der Waals surface area (Å²) in [5.41, 5.74) is 2.55. The molecule has 2 heteroatoms. The van der Waals surface area contributed by atoms with E-state index in [-0.39, 0.29) is 0 Å². The van der Waals surface area contributed by atoms with E-state index in [1.54, 1.807) is 0 Å². The van der Waals surface area contributed by atoms with Crippen LogP contribution in [0.2, 0.25) is 0 Å². The van der Waals surface area contributed by atoms with Crippen LogP contribution < -0.4 is 5.32 Å². The van der Waals surface area contributed by atoms with E-state index in [4.69, 9.17) is 0 Å². The summed E-state index contributed by atoms with van der Waals surface area (Å²) in [6.45, 7) is 2.13. The first-order chi connectivity index (χ1) is 7.72. The van der Waals surface area contributed by atoms with Crippen molar-refractivity contribution in [1.29, 1.82) is 0 Å². The number of hydrogen-bond acceptors (Lipinski definition) is 1. The second-order valence-electron chi connectivity index (χ2n) is 5.01. The predicted molar refractivity (Wildman–Crippen MR) is 71.6 cm³/mol. The van der Waals surface area contributed by atoms with Crippen LogP contribution in [-0.4, -0.2) is 6.04 Å². The molecule has 1 aromatic rings. The van der Waals surface area contributed by atoms with Crippen LogP contribution in [0.15, 0.2) is 34.8 Å². The number of nitrogens with one attached hydrogen (secondary N) is 1. The maximum atomic E-state index is 3.65. The summed E-state index contributed by atoms with van der Waals surface area (Å²) < 4.78 is 1.16. The molecule has 1 fully saturated rings. The minimum atomic E-state index is 0.650. The van der Waals surface area contributed by atoms with Gasteiger partial charge in [0.05, 0.1) is 0 Å². The molecule has 0 aliphatic heterocycles. The second-order valence-corrected chi connectivity index (χ2v) is 5.92. The molecule has 0 saturated heterocycles. The SMILES string of the molecule is Cc1cc(Br)cc(NC2CC3CC=CC32)c1. The lowest BCUT2D eigenvalue weighted by Gasteiger charge is -2.41. The topological polar surface area (TPSA) is 12.0 Å². The number of benzene rings is 1. The molecule has 3 atom stereocenters. The lowest BCUT2D eigenvalue weighted by molar-refractivity contribution is 0.218. The van der Waals surface area contributed by atoms with Crippen molar-refractivity contribution in [2.24, 2.45) is 11.8 Å². The Morgan fingerprint density at radius 2 is 2.19 bits per heavy atom. The normalized spacial score (nSPS) is 31.0. The summed E-state index contributed by atoms with van der Waals surface area (Å²) in [6.07, 6.45) is 7.34.